The van der Waals surface area contributed by atoms with E-state index < -0.39 is 0 Å². The lowest BCUT2D eigenvalue weighted by atomic mass is 10.2. The molecule has 0 aromatic rings. The van der Waals surface area contributed by atoms with Crippen LogP contribution in [0.25, 0.3) is 0 Å². The Kier molecular flexibility index (Phi) is 12.7. The van der Waals surface area contributed by atoms with E-state index in [1.807, 2.05) is 11.8 Å². The van der Waals surface area contributed by atoms with E-state index in [9.17, 15) is 0 Å². The van der Waals surface area contributed by atoms with E-state index in [0.717, 1.165) is 12.8 Å². The second-order valence-electron chi connectivity index (χ2n) is 3.55. The Hall–Kier alpha value is -0.670. The van der Waals surface area contributed by atoms with Crippen molar-refractivity contribution in [3.05, 3.63) is 0 Å². The van der Waals surface area contributed by atoms with E-state index in [1.165, 1.54) is 37.2 Å². The van der Waals surface area contributed by atoms with Gasteiger partial charge in [-0.05, 0) is 37.2 Å². The molecule has 0 aromatic heterocycles. The van der Waals surface area contributed by atoms with Gasteiger partial charge < -0.3 is 0 Å². The lowest BCUT2D eigenvalue weighted by Crippen LogP contribution is -1.85. The van der Waals surface area contributed by atoms with Gasteiger partial charge in [-0.1, -0.05) is 12.8 Å². The minimum absolute atomic E-state index is 0.707. The maximum atomic E-state index is 8.33. The Balaban J connectivity index is 2.88. The highest BCUT2D eigenvalue weighted by Crippen LogP contribution is 2.10. The van der Waals surface area contributed by atoms with Crippen LogP contribution in [0.2, 0.25) is 0 Å². The highest BCUT2D eigenvalue weighted by atomic mass is 32.2. The molecule has 84 valence electrons. The topological polar surface area (TPSA) is 47.6 Å². The van der Waals surface area contributed by atoms with Crippen LogP contribution in [0, 0.1) is 22.7 Å². The third kappa shape index (κ3) is 13.3. The molecule has 0 atom stereocenters. The van der Waals surface area contributed by atoms with Crippen molar-refractivity contribution in [2.75, 3.05) is 11.5 Å². The van der Waals surface area contributed by atoms with Gasteiger partial charge in [0.1, 0.15) is 0 Å². The van der Waals surface area contributed by atoms with E-state index >= 15 is 0 Å². The fourth-order valence-corrected chi connectivity index (χ4v) is 2.29. The molecule has 0 saturated carbocycles. The first-order valence-corrected chi connectivity index (χ1v) is 6.89. The van der Waals surface area contributed by atoms with Crippen LogP contribution in [0.4, 0.5) is 0 Å². The number of unbranched alkanes of at least 4 members (excludes halogenated alkanes) is 6. The molecule has 0 amide bonds. The second-order valence-corrected chi connectivity index (χ2v) is 4.77. The SMILES string of the molecule is N#CCCCCCSCCCCCC#N. The first kappa shape index (κ1) is 14.3. The minimum atomic E-state index is 0.707. The summed E-state index contributed by atoms with van der Waals surface area (Å²) in [4.78, 5) is 0. The van der Waals surface area contributed by atoms with Crippen molar-refractivity contribution in [1.82, 2.24) is 0 Å². The molecule has 0 heterocycles. The highest BCUT2D eigenvalue weighted by molar-refractivity contribution is 7.99. The lowest BCUT2D eigenvalue weighted by molar-refractivity contribution is 0.731. The van der Waals surface area contributed by atoms with Crippen molar-refractivity contribution in [3.8, 4) is 12.1 Å². The van der Waals surface area contributed by atoms with Crippen LogP contribution in [0.3, 0.4) is 0 Å². The molecule has 0 spiro atoms. The van der Waals surface area contributed by atoms with Gasteiger partial charge in [0, 0.05) is 12.8 Å². The zero-order chi connectivity index (χ0) is 11.2. The van der Waals surface area contributed by atoms with Crippen LogP contribution in [0.15, 0.2) is 0 Å². The lowest BCUT2D eigenvalue weighted by Gasteiger charge is -2.00. The molecule has 0 radical (unpaired) electrons. The fourth-order valence-electron chi connectivity index (χ4n) is 1.27. The highest BCUT2D eigenvalue weighted by Gasteiger charge is 1.92. The molecule has 0 bridgehead atoms. The second kappa shape index (κ2) is 13.3. The zero-order valence-corrected chi connectivity index (χ0v) is 10.2. The quantitative estimate of drug-likeness (QED) is 0.529. The van der Waals surface area contributed by atoms with Gasteiger partial charge in [0.2, 0.25) is 0 Å². The van der Waals surface area contributed by atoms with Crippen molar-refractivity contribution in [2.45, 2.75) is 51.4 Å². The maximum Gasteiger partial charge on any atom is 0.0621 e. The molecule has 0 fully saturated rings. The first-order chi connectivity index (χ1) is 7.41. The summed E-state index contributed by atoms with van der Waals surface area (Å²) >= 11 is 2.00. The molecule has 0 aromatic carbocycles. The van der Waals surface area contributed by atoms with Crippen LogP contribution in [-0.4, -0.2) is 11.5 Å². The molecule has 0 saturated heterocycles. The Morgan fingerprint density at radius 1 is 0.667 bits per heavy atom. The average molecular weight is 224 g/mol. The van der Waals surface area contributed by atoms with E-state index in [1.54, 1.807) is 0 Å². The molecular formula is C12H20N2S. The Bertz CT molecular complexity index is 181. The van der Waals surface area contributed by atoms with Crippen LogP contribution in [0.1, 0.15) is 51.4 Å². The molecule has 15 heavy (non-hydrogen) atoms. The van der Waals surface area contributed by atoms with E-state index in [-0.39, 0.29) is 0 Å². The van der Waals surface area contributed by atoms with E-state index in [0.29, 0.717) is 12.8 Å². The molecule has 0 rings (SSSR count). The van der Waals surface area contributed by atoms with Crippen molar-refractivity contribution in [1.29, 1.82) is 10.5 Å². The van der Waals surface area contributed by atoms with Gasteiger partial charge >= 0.3 is 0 Å². The predicted octanol–water partition coefficient (Wildman–Crippen LogP) is 3.89. The van der Waals surface area contributed by atoms with Crippen molar-refractivity contribution in [2.24, 2.45) is 0 Å². The maximum absolute atomic E-state index is 8.33. The summed E-state index contributed by atoms with van der Waals surface area (Å²) in [6.07, 6.45) is 8.38. The third-order valence-corrected chi connectivity index (χ3v) is 3.31. The number of rotatable bonds is 10. The number of thioether (sulfide) groups is 1. The van der Waals surface area contributed by atoms with Gasteiger partial charge in [-0.2, -0.15) is 22.3 Å². The molecule has 0 aliphatic carbocycles. The summed E-state index contributed by atoms with van der Waals surface area (Å²) in [6, 6.07) is 4.33. The summed E-state index contributed by atoms with van der Waals surface area (Å²) in [5.74, 6) is 2.45. The molecule has 0 aliphatic rings. The molecule has 2 nitrogen and oxygen atoms in total. The summed E-state index contributed by atoms with van der Waals surface area (Å²) < 4.78 is 0. The van der Waals surface area contributed by atoms with Gasteiger partial charge in [0.25, 0.3) is 0 Å². The van der Waals surface area contributed by atoms with Gasteiger partial charge in [-0.3, -0.25) is 0 Å². The van der Waals surface area contributed by atoms with Crippen LogP contribution in [-0.2, 0) is 0 Å². The number of nitriles is 2. The fraction of sp³-hybridized carbons (Fsp3) is 0.833. The smallest absolute Gasteiger partial charge is 0.0621 e. The molecule has 0 aliphatic heterocycles. The van der Waals surface area contributed by atoms with Gasteiger partial charge in [0.15, 0.2) is 0 Å². The molecule has 0 unspecified atom stereocenters. The molecule has 3 heteroatoms. The van der Waals surface area contributed by atoms with Gasteiger partial charge in [-0.15, -0.1) is 0 Å². The molecular weight excluding hydrogens is 204 g/mol. The predicted molar refractivity (Wildman–Crippen MR) is 65.5 cm³/mol. The van der Waals surface area contributed by atoms with Crippen LogP contribution in [0.5, 0.6) is 0 Å². The van der Waals surface area contributed by atoms with Crippen molar-refractivity contribution in [3.63, 3.8) is 0 Å². The molecule has 0 N–H and O–H groups in total. The number of hydrogen-bond acceptors (Lipinski definition) is 3. The standard InChI is InChI=1S/C12H20N2S/c13-9-5-1-3-7-11-15-12-8-4-2-6-10-14/h1-8,11-12H2. The zero-order valence-electron chi connectivity index (χ0n) is 9.37. The van der Waals surface area contributed by atoms with E-state index in [2.05, 4.69) is 12.1 Å². The summed E-state index contributed by atoms with van der Waals surface area (Å²) in [6.45, 7) is 0. The first-order valence-electron chi connectivity index (χ1n) is 5.73. The Morgan fingerprint density at radius 2 is 1.13 bits per heavy atom. The largest absolute Gasteiger partial charge is 0.198 e. The number of hydrogen-bond donors (Lipinski definition) is 0. The normalized spacial score (nSPS) is 9.47. The van der Waals surface area contributed by atoms with Crippen LogP contribution < -0.4 is 0 Å². The Morgan fingerprint density at radius 3 is 1.53 bits per heavy atom. The summed E-state index contributed by atoms with van der Waals surface area (Å²) in [5, 5.41) is 16.7. The van der Waals surface area contributed by atoms with Crippen molar-refractivity contribution < 1.29 is 0 Å². The van der Waals surface area contributed by atoms with Crippen molar-refractivity contribution >= 4 is 11.8 Å². The summed E-state index contributed by atoms with van der Waals surface area (Å²) in [5.41, 5.74) is 0. The third-order valence-electron chi connectivity index (χ3n) is 2.15. The van der Waals surface area contributed by atoms with E-state index in [4.69, 9.17) is 10.5 Å². The number of nitrogens with zero attached hydrogens (tertiary/aromatic N) is 2. The van der Waals surface area contributed by atoms with Gasteiger partial charge in [-0.25, -0.2) is 0 Å². The summed E-state index contributed by atoms with van der Waals surface area (Å²) in [7, 11) is 0. The minimum Gasteiger partial charge on any atom is -0.198 e. The van der Waals surface area contributed by atoms with Gasteiger partial charge in [0.05, 0.1) is 12.1 Å². The Labute approximate surface area is 97.7 Å². The monoisotopic (exact) mass is 224 g/mol. The average Bonchev–Trinajstić information content (AvgIpc) is 2.26. The van der Waals surface area contributed by atoms with Crippen LogP contribution >= 0.6 is 11.8 Å².